The van der Waals surface area contributed by atoms with Crippen molar-refractivity contribution < 1.29 is 23.1 Å². The van der Waals surface area contributed by atoms with Crippen LogP contribution in [-0.4, -0.2) is 31.1 Å². The molecule has 0 heterocycles. The number of carbonyl (C=O) groups excluding carboxylic acids is 2. The lowest BCUT2D eigenvalue weighted by Gasteiger charge is -2.24. The molecule has 0 aliphatic rings. The Labute approximate surface area is 199 Å². The van der Waals surface area contributed by atoms with Gasteiger partial charge in [-0.15, -0.1) is 0 Å². The maximum absolute atomic E-state index is 12.8. The number of hydrogen-bond donors (Lipinski definition) is 3. The molecule has 0 aliphatic carbocycles. The molecule has 0 saturated carbocycles. The molecule has 178 valence electrons. The first-order valence-electron chi connectivity index (χ1n) is 10.8. The maximum Gasteiger partial charge on any atom is 0.234 e. The SMILES string of the molecule is CCS(=O)(=O)c1ccc(CC(=O)Nc2ccc(C(C)(C)C(=O)Nc3cccc(O)c3)cc2)cc1. The van der Waals surface area contributed by atoms with Crippen molar-refractivity contribution in [2.75, 3.05) is 16.4 Å². The smallest absolute Gasteiger partial charge is 0.234 e. The van der Waals surface area contributed by atoms with E-state index in [1.54, 1.807) is 69.3 Å². The summed E-state index contributed by atoms with van der Waals surface area (Å²) in [6.07, 6.45) is 0.103. The third kappa shape index (κ3) is 6.02. The van der Waals surface area contributed by atoms with E-state index < -0.39 is 15.3 Å². The summed E-state index contributed by atoms with van der Waals surface area (Å²) in [6.45, 7) is 5.17. The fourth-order valence-corrected chi connectivity index (χ4v) is 4.23. The summed E-state index contributed by atoms with van der Waals surface area (Å²) in [5, 5.41) is 15.2. The lowest BCUT2D eigenvalue weighted by Crippen LogP contribution is -2.34. The lowest BCUT2D eigenvalue weighted by molar-refractivity contribution is -0.120. The molecule has 0 fully saturated rings. The van der Waals surface area contributed by atoms with Crippen LogP contribution in [0.4, 0.5) is 11.4 Å². The van der Waals surface area contributed by atoms with Gasteiger partial charge in [-0.25, -0.2) is 8.42 Å². The van der Waals surface area contributed by atoms with Crippen molar-refractivity contribution in [2.24, 2.45) is 0 Å². The Kier molecular flexibility index (Phi) is 7.41. The van der Waals surface area contributed by atoms with E-state index in [4.69, 9.17) is 0 Å². The summed E-state index contributed by atoms with van der Waals surface area (Å²) in [7, 11) is -3.27. The zero-order chi connectivity index (χ0) is 24.9. The minimum atomic E-state index is -3.27. The fraction of sp³-hybridized carbons (Fsp3) is 0.231. The number of rotatable bonds is 8. The number of phenols is 1. The average Bonchev–Trinajstić information content (AvgIpc) is 2.79. The van der Waals surface area contributed by atoms with Gasteiger partial charge in [0, 0.05) is 17.4 Å². The summed E-state index contributed by atoms with van der Waals surface area (Å²) in [4.78, 5) is 25.5. The molecule has 3 N–H and O–H groups in total. The molecule has 0 unspecified atom stereocenters. The Balaban J connectivity index is 1.62. The molecule has 0 radical (unpaired) electrons. The first-order chi connectivity index (χ1) is 16.0. The molecule has 0 aromatic heterocycles. The standard InChI is InChI=1S/C26H28N2O5S/c1-4-34(32,33)23-14-8-18(9-15-23)16-24(30)27-20-12-10-19(11-13-20)26(2,3)25(31)28-21-6-5-7-22(29)17-21/h5-15,17,29H,4,16H2,1-3H3,(H,27,30)(H,28,31). The van der Waals surface area contributed by atoms with Gasteiger partial charge in [-0.3, -0.25) is 9.59 Å². The number of benzene rings is 3. The maximum atomic E-state index is 12.8. The molecule has 34 heavy (non-hydrogen) atoms. The zero-order valence-corrected chi connectivity index (χ0v) is 20.1. The van der Waals surface area contributed by atoms with Crippen LogP contribution in [0, 0.1) is 0 Å². The number of carbonyl (C=O) groups is 2. The molecule has 0 atom stereocenters. The van der Waals surface area contributed by atoms with Gasteiger partial charge in [0.15, 0.2) is 9.84 Å². The molecule has 0 bridgehead atoms. The largest absolute Gasteiger partial charge is 0.508 e. The van der Waals surface area contributed by atoms with Crippen molar-refractivity contribution in [3.8, 4) is 5.75 Å². The van der Waals surface area contributed by atoms with Gasteiger partial charge < -0.3 is 15.7 Å². The number of amides is 2. The highest BCUT2D eigenvalue weighted by Crippen LogP contribution is 2.27. The van der Waals surface area contributed by atoms with Crippen LogP contribution in [0.25, 0.3) is 0 Å². The lowest BCUT2D eigenvalue weighted by atomic mass is 9.83. The molecule has 7 nitrogen and oxygen atoms in total. The Morgan fingerprint density at radius 3 is 2.12 bits per heavy atom. The number of aromatic hydroxyl groups is 1. The highest BCUT2D eigenvalue weighted by molar-refractivity contribution is 7.91. The summed E-state index contributed by atoms with van der Waals surface area (Å²) in [6, 6.07) is 19.7. The number of nitrogens with one attached hydrogen (secondary N) is 2. The van der Waals surface area contributed by atoms with Gasteiger partial charge in [0.05, 0.1) is 22.5 Å². The van der Waals surface area contributed by atoms with Gasteiger partial charge in [-0.1, -0.05) is 37.3 Å². The van der Waals surface area contributed by atoms with E-state index in [9.17, 15) is 23.1 Å². The van der Waals surface area contributed by atoms with Crippen molar-refractivity contribution in [3.05, 3.63) is 83.9 Å². The number of hydrogen-bond acceptors (Lipinski definition) is 5. The van der Waals surface area contributed by atoms with E-state index in [2.05, 4.69) is 10.6 Å². The second kappa shape index (κ2) is 10.1. The Morgan fingerprint density at radius 1 is 0.882 bits per heavy atom. The summed E-state index contributed by atoms with van der Waals surface area (Å²) in [5.74, 6) is -0.377. The number of sulfone groups is 1. The predicted octanol–water partition coefficient (Wildman–Crippen LogP) is 4.28. The van der Waals surface area contributed by atoms with Gasteiger partial charge in [0.25, 0.3) is 0 Å². The molecule has 3 aromatic carbocycles. The monoisotopic (exact) mass is 480 g/mol. The van der Waals surface area contributed by atoms with Gasteiger partial charge in [-0.2, -0.15) is 0 Å². The van der Waals surface area contributed by atoms with Crippen LogP contribution < -0.4 is 10.6 Å². The first kappa shape index (κ1) is 25.0. The molecule has 0 spiro atoms. The predicted molar refractivity (Wildman–Crippen MR) is 133 cm³/mol. The molecule has 8 heteroatoms. The van der Waals surface area contributed by atoms with Gasteiger partial charge in [0.2, 0.25) is 11.8 Å². The van der Waals surface area contributed by atoms with Crippen LogP contribution >= 0.6 is 0 Å². The second-order valence-electron chi connectivity index (χ2n) is 8.48. The van der Waals surface area contributed by atoms with Crippen LogP contribution in [0.3, 0.4) is 0 Å². The topological polar surface area (TPSA) is 113 Å². The Bertz CT molecular complexity index is 1280. The molecule has 3 aromatic rings. The van der Waals surface area contributed by atoms with Crippen LogP contribution in [0.1, 0.15) is 31.9 Å². The minimum Gasteiger partial charge on any atom is -0.508 e. The molecule has 3 rings (SSSR count). The van der Waals surface area contributed by atoms with E-state index in [1.165, 1.54) is 24.3 Å². The third-order valence-electron chi connectivity index (χ3n) is 5.59. The highest BCUT2D eigenvalue weighted by atomic mass is 32.2. The van der Waals surface area contributed by atoms with Crippen molar-refractivity contribution >= 4 is 33.0 Å². The van der Waals surface area contributed by atoms with Gasteiger partial charge in [-0.05, 0) is 61.4 Å². The number of phenolic OH excluding ortho intramolecular Hbond substituents is 1. The van der Waals surface area contributed by atoms with Crippen molar-refractivity contribution in [2.45, 2.75) is 37.5 Å². The molecular formula is C26H28N2O5S. The van der Waals surface area contributed by atoms with Crippen LogP contribution in [-0.2, 0) is 31.3 Å². The number of anilines is 2. The van der Waals surface area contributed by atoms with Gasteiger partial charge >= 0.3 is 0 Å². The van der Waals surface area contributed by atoms with Crippen LogP contribution in [0.5, 0.6) is 5.75 Å². The summed E-state index contributed by atoms with van der Waals surface area (Å²) in [5.41, 5.74) is 1.70. The Morgan fingerprint density at radius 2 is 1.53 bits per heavy atom. The average molecular weight is 481 g/mol. The van der Waals surface area contributed by atoms with E-state index in [1.807, 2.05) is 0 Å². The molecule has 0 aliphatic heterocycles. The van der Waals surface area contributed by atoms with Gasteiger partial charge in [0.1, 0.15) is 5.75 Å². The first-order valence-corrected chi connectivity index (χ1v) is 12.5. The van der Waals surface area contributed by atoms with Crippen LogP contribution in [0.2, 0.25) is 0 Å². The normalized spacial score (nSPS) is 11.6. The van der Waals surface area contributed by atoms with E-state index in [-0.39, 0.29) is 34.6 Å². The van der Waals surface area contributed by atoms with E-state index in [0.29, 0.717) is 16.9 Å². The molecule has 2 amide bonds. The summed E-state index contributed by atoms with van der Waals surface area (Å²) >= 11 is 0. The van der Waals surface area contributed by atoms with E-state index in [0.717, 1.165) is 5.56 Å². The fourth-order valence-electron chi connectivity index (χ4n) is 3.34. The van der Waals surface area contributed by atoms with Crippen molar-refractivity contribution in [1.82, 2.24) is 0 Å². The van der Waals surface area contributed by atoms with E-state index >= 15 is 0 Å². The third-order valence-corrected chi connectivity index (χ3v) is 7.34. The second-order valence-corrected chi connectivity index (χ2v) is 10.8. The zero-order valence-electron chi connectivity index (χ0n) is 19.3. The minimum absolute atomic E-state index is 0.0249. The highest BCUT2D eigenvalue weighted by Gasteiger charge is 2.30. The van der Waals surface area contributed by atoms with Crippen molar-refractivity contribution in [1.29, 1.82) is 0 Å². The van der Waals surface area contributed by atoms with Crippen molar-refractivity contribution in [3.63, 3.8) is 0 Å². The molecular weight excluding hydrogens is 452 g/mol. The summed E-state index contributed by atoms with van der Waals surface area (Å²) < 4.78 is 23.8. The van der Waals surface area contributed by atoms with Crippen LogP contribution in [0.15, 0.2) is 77.7 Å². The quantitative estimate of drug-likeness (QED) is 0.445. The molecule has 0 saturated heterocycles. The Hall–Kier alpha value is -3.65.